The van der Waals surface area contributed by atoms with Crippen LogP contribution in [0.15, 0.2) is 71.1 Å². The number of ether oxygens (including phenoxy) is 1. The smallest absolute Gasteiger partial charge is 0.222 e. The molecular formula is C20H16N2O2S. The average Bonchev–Trinajstić information content (AvgIpc) is 3.31. The fraction of sp³-hybridized carbons (Fsp3) is 0.150. The zero-order valence-corrected chi connectivity index (χ0v) is 14.2. The topological polar surface area (TPSA) is 45.1 Å². The summed E-state index contributed by atoms with van der Waals surface area (Å²) in [7, 11) is 0. The van der Waals surface area contributed by atoms with Crippen molar-refractivity contribution in [2.75, 3.05) is 0 Å². The van der Waals surface area contributed by atoms with E-state index in [1.54, 1.807) is 23.5 Å². The zero-order valence-electron chi connectivity index (χ0n) is 13.4. The number of aromatic hydroxyl groups is 1. The van der Waals surface area contributed by atoms with Gasteiger partial charge < -0.3 is 9.84 Å². The number of thiophene rings is 1. The van der Waals surface area contributed by atoms with E-state index >= 15 is 0 Å². The van der Waals surface area contributed by atoms with Crippen LogP contribution in [0.5, 0.6) is 11.5 Å². The molecule has 0 aliphatic carbocycles. The molecule has 0 unspecified atom stereocenters. The van der Waals surface area contributed by atoms with Crippen molar-refractivity contribution in [3.63, 3.8) is 0 Å². The lowest BCUT2D eigenvalue weighted by Gasteiger charge is -2.37. The minimum Gasteiger partial charge on any atom is -0.508 e. The molecule has 2 aliphatic rings. The number of phenolic OH excluding ortho intramolecular Hbond substituents is 1. The Morgan fingerprint density at radius 1 is 1.08 bits per heavy atom. The van der Waals surface area contributed by atoms with Crippen LogP contribution in [0.2, 0.25) is 0 Å². The van der Waals surface area contributed by atoms with Gasteiger partial charge in [0.05, 0.1) is 16.6 Å². The molecule has 3 aromatic rings. The molecule has 5 heteroatoms. The van der Waals surface area contributed by atoms with Gasteiger partial charge in [-0.2, -0.15) is 5.10 Å². The molecule has 2 atom stereocenters. The molecule has 3 heterocycles. The average molecular weight is 348 g/mol. The van der Waals surface area contributed by atoms with Gasteiger partial charge in [-0.25, -0.2) is 5.01 Å². The molecule has 0 fully saturated rings. The summed E-state index contributed by atoms with van der Waals surface area (Å²) in [6.07, 6.45) is 0.584. The molecule has 0 saturated carbocycles. The highest BCUT2D eigenvalue weighted by molar-refractivity contribution is 7.10. The van der Waals surface area contributed by atoms with Crippen LogP contribution >= 0.6 is 11.3 Å². The molecular weight excluding hydrogens is 332 g/mol. The van der Waals surface area contributed by atoms with Crippen molar-refractivity contribution >= 4 is 17.0 Å². The Morgan fingerprint density at radius 2 is 2.00 bits per heavy atom. The monoisotopic (exact) mass is 348 g/mol. The molecule has 1 N–H and O–H groups in total. The maximum absolute atomic E-state index is 9.80. The van der Waals surface area contributed by atoms with Gasteiger partial charge in [0.2, 0.25) is 6.23 Å². The summed E-state index contributed by atoms with van der Waals surface area (Å²) in [5.41, 5.74) is 3.09. The van der Waals surface area contributed by atoms with Crippen molar-refractivity contribution in [2.24, 2.45) is 5.10 Å². The first-order chi connectivity index (χ1) is 12.3. The summed E-state index contributed by atoms with van der Waals surface area (Å²) in [4.78, 5) is 1.14. The summed E-state index contributed by atoms with van der Waals surface area (Å²) < 4.78 is 6.28. The van der Waals surface area contributed by atoms with Gasteiger partial charge in [0, 0.05) is 17.5 Å². The first-order valence-electron chi connectivity index (χ1n) is 8.24. The van der Waals surface area contributed by atoms with Gasteiger partial charge in [0.1, 0.15) is 11.5 Å². The van der Waals surface area contributed by atoms with Gasteiger partial charge in [-0.3, -0.25) is 0 Å². The SMILES string of the molecule is Oc1cccc(C2=NN3[C@H](C2)c2ccccc2O[C@H]3c2cccs2)c1. The van der Waals surface area contributed by atoms with Gasteiger partial charge in [-0.15, -0.1) is 11.3 Å². The van der Waals surface area contributed by atoms with Gasteiger partial charge in [-0.1, -0.05) is 36.4 Å². The lowest BCUT2D eigenvalue weighted by molar-refractivity contribution is -0.0165. The Labute approximate surface area is 149 Å². The third-order valence-corrected chi connectivity index (χ3v) is 5.57. The van der Waals surface area contributed by atoms with Gasteiger partial charge in [-0.05, 0) is 29.6 Å². The molecule has 0 spiro atoms. The normalized spacial score (nSPS) is 21.3. The van der Waals surface area contributed by atoms with E-state index in [2.05, 4.69) is 22.5 Å². The van der Waals surface area contributed by atoms with Gasteiger partial charge >= 0.3 is 0 Å². The molecule has 2 aliphatic heterocycles. The highest BCUT2D eigenvalue weighted by Crippen LogP contribution is 2.48. The Morgan fingerprint density at radius 3 is 2.84 bits per heavy atom. The molecule has 0 radical (unpaired) electrons. The second-order valence-electron chi connectivity index (χ2n) is 6.22. The van der Waals surface area contributed by atoms with Crippen LogP contribution in [0, 0.1) is 0 Å². The lowest BCUT2D eigenvalue weighted by Crippen LogP contribution is -2.33. The molecule has 0 bridgehead atoms. The van der Waals surface area contributed by atoms with Crippen LogP contribution in [-0.4, -0.2) is 15.8 Å². The number of nitrogens with zero attached hydrogens (tertiary/aromatic N) is 2. The summed E-state index contributed by atoms with van der Waals surface area (Å²) in [5.74, 6) is 1.19. The maximum atomic E-state index is 9.80. The van der Waals surface area contributed by atoms with E-state index < -0.39 is 0 Å². The standard InChI is InChI=1S/C20H16N2O2S/c23-14-6-3-5-13(11-14)16-12-17-15-7-1-2-8-18(15)24-20(22(17)21-16)19-9-4-10-25-19/h1-11,17,20,23H,12H2/t17-,20+/m1/s1. The second kappa shape index (κ2) is 5.63. The lowest BCUT2D eigenvalue weighted by atomic mass is 9.96. The summed E-state index contributed by atoms with van der Waals surface area (Å²) in [6.45, 7) is 0. The van der Waals surface area contributed by atoms with Crippen molar-refractivity contribution in [1.29, 1.82) is 0 Å². The zero-order chi connectivity index (χ0) is 16.8. The molecule has 1 aromatic heterocycles. The van der Waals surface area contributed by atoms with Crippen molar-refractivity contribution in [1.82, 2.24) is 5.01 Å². The number of para-hydroxylation sites is 1. The van der Waals surface area contributed by atoms with E-state index in [-0.39, 0.29) is 18.0 Å². The number of rotatable bonds is 2. The van der Waals surface area contributed by atoms with Crippen molar-refractivity contribution in [3.05, 3.63) is 82.0 Å². The molecule has 0 saturated heterocycles. The quantitative estimate of drug-likeness (QED) is 0.730. The predicted octanol–water partition coefficient (Wildman–Crippen LogP) is 4.70. The van der Waals surface area contributed by atoms with Crippen molar-refractivity contribution in [3.8, 4) is 11.5 Å². The summed E-state index contributed by atoms with van der Waals surface area (Å²) in [6, 6.07) is 19.7. The van der Waals surface area contributed by atoms with Crippen molar-refractivity contribution < 1.29 is 9.84 Å². The number of hydrazone groups is 1. The van der Waals surface area contributed by atoms with E-state index in [1.807, 2.05) is 36.4 Å². The number of fused-ring (bicyclic) bond motifs is 3. The Bertz CT molecular complexity index is 952. The van der Waals surface area contributed by atoms with Crippen LogP contribution in [0.1, 0.15) is 34.7 Å². The van der Waals surface area contributed by atoms with Crippen LogP contribution < -0.4 is 4.74 Å². The van der Waals surface area contributed by atoms with E-state index in [0.717, 1.165) is 33.9 Å². The summed E-state index contributed by atoms with van der Waals surface area (Å²) >= 11 is 1.68. The van der Waals surface area contributed by atoms with Gasteiger partial charge in [0.25, 0.3) is 0 Å². The van der Waals surface area contributed by atoms with Crippen LogP contribution in [0.25, 0.3) is 0 Å². The third kappa shape index (κ3) is 2.39. The molecule has 5 rings (SSSR count). The molecule has 0 amide bonds. The molecule has 2 aromatic carbocycles. The number of hydrogen-bond acceptors (Lipinski definition) is 5. The first-order valence-corrected chi connectivity index (χ1v) is 9.12. The van der Waals surface area contributed by atoms with Gasteiger partial charge in [0.15, 0.2) is 0 Å². The largest absolute Gasteiger partial charge is 0.508 e. The summed E-state index contributed by atoms with van der Waals surface area (Å²) in [5, 5.41) is 18.8. The van der Waals surface area contributed by atoms with E-state index in [1.165, 1.54) is 0 Å². The number of hydrogen-bond donors (Lipinski definition) is 1. The second-order valence-corrected chi connectivity index (χ2v) is 7.20. The Hall–Kier alpha value is -2.79. The highest BCUT2D eigenvalue weighted by Gasteiger charge is 2.41. The fourth-order valence-electron chi connectivity index (χ4n) is 3.51. The minimum atomic E-state index is -0.213. The third-order valence-electron chi connectivity index (χ3n) is 4.67. The van der Waals surface area contributed by atoms with Crippen LogP contribution in [0.4, 0.5) is 0 Å². The first kappa shape index (κ1) is 14.5. The Balaban J connectivity index is 1.60. The molecule has 4 nitrogen and oxygen atoms in total. The number of benzene rings is 2. The minimum absolute atomic E-state index is 0.148. The predicted molar refractivity (Wildman–Crippen MR) is 98.0 cm³/mol. The van der Waals surface area contributed by atoms with Crippen molar-refractivity contribution in [2.45, 2.75) is 18.7 Å². The van der Waals surface area contributed by atoms with E-state index in [9.17, 15) is 5.11 Å². The Kier molecular flexibility index (Phi) is 3.28. The van der Waals surface area contributed by atoms with Crippen LogP contribution in [-0.2, 0) is 0 Å². The molecule has 25 heavy (non-hydrogen) atoms. The maximum Gasteiger partial charge on any atom is 0.222 e. The van der Waals surface area contributed by atoms with Crippen LogP contribution in [0.3, 0.4) is 0 Å². The van der Waals surface area contributed by atoms with E-state index in [0.29, 0.717) is 0 Å². The van der Waals surface area contributed by atoms with E-state index in [4.69, 9.17) is 9.84 Å². The molecule has 124 valence electrons. The fourth-order valence-corrected chi connectivity index (χ4v) is 4.26. The number of phenols is 1. The highest BCUT2D eigenvalue weighted by atomic mass is 32.1.